The highest BCUT2D eigenvalue weighted by Gasteiger charge is 2.21. The van der Waals surface area contributed by atoms with E-state index in [2.05, 4.69) is 136 Å². The number of benzene rings is 6. The lowest BCUT2D eigenvalue weighted by molar-refractivity contribution is 0.591. The molecule has 0 fully saturated rings. The number of rotatable bonds is 4. The van der Waals surface area contributed by atoms with Gasteiger partial charge in [0.15, 0.2) is 0 Å². The Morgan fingerprint density at radius 2 is 0.909 bits per heavy atom. The van der Waals surface area contributed by atoms with E-state index < -0.39 is 0 Å². The van der Waals surface area contributed by atoms with Crippen LogP contribution in [0, 0.1) is 0 Å². The molecule has 0 bridgehead atoms. The summed E-state index contributed by atoms with van der Waals surface area (Å²) >= 11 is 0. The predicted octanol–water partition coefficient (Wildman–Crippen LogP) is 11.3. The molecule has 0 aliphatic heterocycles. The van der Waals surface area contributed by atoms with Crippen LogP contribution in [0.2, 0.25) is 0 Å². The average Bonchev–Trinajstić information content (AvgIpc) is 3.07. The molecule has 6 aromatic carbocycles. The van der Waals surface area contributed by atoms with Crippen molar-refractivity contribution in [2.75, 3.05) is 0 Å². The van der Waals surface area contributed by atoms with Crippen LogP contribution < -0.4 is 0 Å². The lowest BCUT2D eigenvalue weighted by atomic mass is 9.82. The number of hydrogen-bond donors (Lipinski definition) is 0. The molecule has 2 heterocycles. The van der Waals surface area contributed by atoms with Crippen molar-refractivity contribution >= 4 is 32.3 Å². The van der Waals surface area contributed by atoms with Crippen molar-refractivity contribution in [3.05, 3.63) is 145 Å². The van der Waals surface area contributed by atoms with Crippen LogP contribution in [0.4, 0.5) is 0 Å². The first-order valence-corrected chi connectivity index (χ1v) is 15.2. The summed E-state index contributed by atoms with van der Waals surface area (Å²) in [6.45, 7) is 6.85. The van der Waals surface area contributed by atoms with Crippen LogP contribution in [0.5, 0.6) is 0 Å². The Hall–Kier alpha value is -5.34. The van der Waals surface area contributed by atoms with Crippen LogP contribution in [0.3, 0.4) is 0 Å². The molecule has 2 aromatic heterocycles. The second-order valence-corrected chi connectivity index (χ2v) is 12.7. The zero-order valence-electron chi connectivity index (χ0n) is 25.2. The van der Waals surface area contributed by atoms with E-state index in [1.54, 1.807) is 0 Å². The van der Waals surface area contributed by atoms with E-state index in [0.29, 0.717) is 0 Å². The molecule has 0 aliphatic rings. The van der Waals surface area contributed by atoms with Gasteiger partial charge in [-0.2, -0.15) is 0 Å². The molecule has 0 saturated carbocycles. The summed E-state index contributed by atoms with van der Waals surface area (Å²) in [5, 5.41) is 7.55. The summed E-state index contributed by atoms with van der Waals surface area (Å²) < 4.78 is 0. The van der Waals surface area contributed by atoms with Gasteiger partial charge in [-0.15, -0.1) is 0 Å². The average molecular weight is 565 g/mol. The Bertz CT molecular complexity index is 2110. The van der Waals surface area contributed by atoms with Crippen LogP contribution in [-0.4, -0.2) is 9.97 Å². The van der Waals surface area contributed by atoms with Gasteiger partial charge in [-0.25, -0.2) is 0 Å². The van der Waals surface area contributed by atoms with Crippen molar-refractivity contribution in [1.82, 2.24) is 9.97 Å². The molecule has 0 saturated heterocycles. The Labute approximate surface area is 258 Å². The molecule has 44 heavy (non-hydrogen) atoms. The second-order valence-electron chi connectivity index (χ2n) is 12.7. The van der Waals surface area contributed by atoms with Gasteiger partial charge in [-0.1, -0.05) is 130 Å². The van der Waals surface area contributed by atoms with Gasteiger partial charge in [-0.05, 0) is 72.6 Å². The molecule has 0 unspecified atom stereocenters. The summed E-state index contributed by atoms with van der Waals surface area (Å²) in [7, 11) is 0. The first-order valence-electron chi connectivity index (χ1n) is 15.2. The molecule has 2 heteroatoms. The van der Waals surface area contributed by atoms with E-state index in [0.717, 1.165) is 33.6 Å². The number of pyridine rings is 2. The highest BCUT2D eigenvalue weighted by molar-refractivity contribution is 6.28. The standard InChI is InChI=1S/C42H32N2/c1-42(2,3)33-22-29-14-18-34-36(38-20-16-31(25-43-38)27-10-6-4-7-11-27)24-37(35-19-15-30(23-33)40(29)41(34)35)39-21-17-32(26-44-39)28-12-8-5-9-13-28/h4-26H,1-3H3. The molecule has 2 nitrogen and oxygen atoms in total. The smallest absolute Gasteiger partial charge is 0.0708 e. The summed E-state index contributed by atoms with van der Waals surface area (Å²) in [6, 6.07) is 45.7. The van der Waals surface area contributed by atoms with Gasteiger partial charge in [0, 0.05) is 34.6 Å². The monoisotopic (exact) mass is 564 g/mol. The van der Waals surface area contributed by atoms with E-state index in [-0.39, 0.29) is 5.41 Å². The minimum absolute atomic E-state index is 0.0651. The van der Waals surface area contributed by atoms with Gasteiger partial charge < -0.3 is 0 Å². The largest absolute Gasteiger partial charge is 0.256 e. The highest BCUT2D eigenvalue weighted by Crippen LogP contribution is 2.44. The minimum atomic E-state index is 0.0651. The molecule has 210 valence electrons. The van der Waals surface area contributed by atoms with Crippen LogP contribution in [-0.2, 0) is 5.41 Å². The van der Waals surface area contributed by atoms with Gasteiger partial charge in [-0.3, -0.25) is 9.97 Å². The minimum Gasteiger partial charge on any atom is -0.256 e. The van der Waals surface area contributed by atoms with E-state index in [4.69, 9.17) is 9.97 Å². The fourth-order valence-electron chi connectivity index (χ4n) is 6.48. The van der Waals surface area contributed by atoms with E-state index in [1.165, 1.54) is 49.0 Å². The molecular formula is C42H32N2. The molecule has 8 rings (SSSR count). The Kier molecular flexibility index (Phi) is 6.06. The quantitative estimate of drug-likeness (QED) is 0.199. The van der Waals surface area contributed by atoms with Gasteiger partial charge in [0.05, 0.1) is 11.4 Å². The predicted molar refractivity (Wildman–Crippen MR) is 186 cm³/mol. The van der Waals surface area contributed by atoms with E-state index in [9.17, 15) is 0 Å². The summed E-state index contributed by atoms with van der Waals surface area (Å²) in [5.74, 6) is 0. The van der Waals surface area contributed by atoms with Gasteiger partial charge >= 0.3 is 0 Å². The SMILES string of the molecule is CC(C)(C)c1cc2ccc3c(-c4ccc(-c5ccccc5)cn4)cc(-c4ccc(-c5ccccc5)cn4)c4ccc(c1)c2c34. The third kappa shape index (κ3) is 4.42. The van der Waals surface area contributed by atoms with Gasteiger partial charge in [0.25, 0.3) is 0 Å². The third-order valence-electron chi connectivity index (χ3n) is 8.88. The highest BCUT2D eigenvalue weighted by atomic mass is 14.7. The van der Waals surface area contributed by atoms with E-state index >= 15 is 0 Å². The lowest BCUT2D eigenvalue weighted by Crippen LogP contribution is -2.10. The van der Waals surface area contributed by atoms with Crippen molar-refractivity contribution in [3.8, 4) is 44.8 Å². The fourth-order valence-corrected chi connectivity index (χ4v) is 6.48. The summed E-state index contributed by atoms with van der Waals surface area (Å²) in [4.78, 5) is 10.0. The third-order valence-corrected chi connectivity index (χ3v) is 8.88. The van der Waals surface area contributed by atoms with Crippen LogP contribution >= 0.6 is 0 Å². The number of aromatic nitrogens is 2. The molecule has 8 aromatic rings. The first-order chi connectivity index (χ1) is 21.4. The number of hydrogen-bond acceptors (Lipinski definition) is 2. The Morgan fingerprint density at radius 3 is 1.32 bits per heavy atom. The maximum atomic E-state index is 5.02. The van der Waals surface area contributed by atoms with Gasteiger partial charge in [0.1, 0.15) is 0 Å². The first kappa shape index (κ1) is 26.3. The van der Waals surface area contributed by atoms with E-state index in [1.807, 2.05) is 24.5 Å². The van der Waals surface area contributed by atoms with Crippen LogP contribution in [0.1, 0.15) is 26.3 Å². The number of nitrogens with zero attached hydrogens (tertiary/aromatic N) is 2. The normalized spacial score (nSPS) is 12.0. The zero-order chi connectivity index (χ0) is 29.8. The molecular weight excluding hydrogens is 532 g/mol. The molecule has 0 amide bonds. The maximum Gasteiger partial charge on any atom is 0.0708 e. The van der Waals surface area contributed by atoms with Crippen molar-refractivity contribution in [3.63, 3.8) is 0 Å². The maximum absolute atomic E-state index is 5.02. The van der Waals surface area contributed by atoms with Crippen molar-refractivity contribution < 1.29 is 0 Å². The van der Waals surface area contributed by atoms with Crippen LogP contribution in [0.15, 0.2) is 140 Å². The van der Waals surface area contributed by atoms with Crippen molar-refractivity contribution in [1.29, 1.82) is 0 Å². The van der Waals surface area contributed by atoms with Crippen LogP contribution in [0.25, 0.3) is 77.1 Å². The molecule has 0 spiro atoms. The Morgan fingerprint density at radius 1 is 0.432 bits per heavy atom. The summed E-state index contributed by atoms with van der Waals surface area (Å²) in [5.41, 5.74) is 10.1. The Balaban J connectivity index is 1.37. The van der Waals surface area contributed by atoms with Crippen molar-refractivity contribution in [2.45, 2.75) is 26.2 Å². The van der Waals surface area contributed by atoms with Crippen molar-refractivity contribution in [2.24, 2.45) is 0 Å². The lowest BCUT2D eigenvalue weighted by Gasteiger charge is -2.22. The molecule has 0 atom stereocenters. The molecule has 0 radical (unpaired) electrons. The van der Waals surface area contributed by atoms with Gasteiger partial charge in [0.2, 0.25) is 0 Å². The zero-order valence-corrected chi connectivity index (χ0v) is 25.2. The summed E-state index contributed by atoms with van der Waals surface area (Å²) in [6.07, 6.45) is 3.98. The topological polar surface area (TPSA) is 25.8 Å². The molecule has 0 N–H and O–H groups in total. The molecule has 0 aliphatic carbocycles. The fraction of sp³-hybridized carbons (Fsp3) is 0.0952. The second kappa shape index (κ2) is 10.1.